The van der Waals surface area contributed by atoms with Gasteiger partial charge >= 0.3 is 11.9 Å². The van der Waals surface area contributed by atoms with E-state index in [-0.39, 0.29) is 11.9 Å². The summed E-state index contributed by atoms with van der Waals surface area (Å²) in [5.74, 6) is -0.379. The Morgan fingerprint density at radius 1 is 1.30 bits per heavy atom. The van der Waals surface area contributed by atoms with Gasteiger partial charge in [-0.25, -0.2) is 4.79 Å². The third-order valence-electron chi connectivity index (χ3n) is 3.04. The zero-order valence-electron chi connectivity index (χ0n) is 12.6. The van der Waals surface area contributed by atoms with Crippen molar-refractivity contribution >= 4 is 17.7 Å². The minimum Gasteiger partial charge on any atom is -0.469 e. The van der Waals surface area contributed by atoms with E-state index in [9.17, 15) is 14.4 Å². The number of aliphatic hydroxyl groups is 1. The first-order valence-corrected chi connectivity index (χ1v) is 6.62. The topological polar surface area (TPSA) is 89.9 Å². The second kappa shape index (κ2) is 8.68. The Labute approximate surface area is 119 Å². The van der Waals surface area contributed by atoms with Crippen LogP contribution in [0.2, 0.25) is 0 Å². The molecule has 0 saturated heterocycles. The summed E-state index contributed by atoms with van der Waals surface area (Å²) in [4.78, 5) is 32.2. The van der Waals surface area contributed by atoms with E-state index >= 15 is 0 Å². The molecule has 0 aromatic carbocycles. The molecule has 0 amide bonds. The Kier molecular flexibility index (Phi) is 8.06. The van der Waals surface area contributed by atoms with Gasteiger partial charge in [0.2, 0.25) is 0 Å². The van der Waals surface area contributed by atoms with Gasteiger partial charge in [-0.2, -0.15) is 0 Å². The lowest BCUT2D eigenvalue weighted by molar-refractivity contribution is -0.158. The fraction of sp³-hybridized carbons (Fsp3) is 0.786. The van der Waals surface area contributed by atoms with Crippen LogP contribution in [-0.2, 0) is 23.9 Å². The average molecular weight is 288 g/mol. The zero-order chi connectivity index (χ0) is 15.8. The van der Waals surface area contributed by atoms with Crippen LogP contribution in [0.25, 0.3) is 0 Å². The molecule has 0 bridgehead atoms. The average Bonchev–Trinajstić information content (AvgIpc) is 2.80. The van der Waals surface area contributed by atoms with E-state index in [1.165, 1.54) is 28.1 Å². The number of carbonyl (C=O) groups excluding carboxylic acids is 3. The lowest BCUT2D eigenvalue weighted by Crippen LogP contribution is -2.31. The van der Waals surface area contributed by atoms with Crippen molar-refractivity contribution in [1.29, 1.82) is 0 Å². The fourth-order valence-electron chi connectivity index (χ4n) is 1.84. The van der Waals surface area contributed by atoms with Gasteiger partial charge in [-0.3, -0.25) is 9.59 Å². The molecule has 1 atom stereocenters. The van der Waals surface area contributed by atoms with E-state index in [0.717, 1.165) is 12.8 Å². The van der Waals surface area contributed by atoms with Gasteiger partial charge in [0, 0.05) is 18.8 Å². The molecule has 0 aliphatic heterocycles. The molecule has 1 unspecified atom stereocenters. The zero-order valence-corrected chi connectivity index (χ0v) is 12.6. The van der Waals surface area contributed by atoms with E-state index in [4.69, 9.17) is 5.11 Å². The lowest BCUT2D eigenvalue weighted by Gasteiger charge is -2.12. The van der Waals surface area contributed by atoms with Crippen LogP contribution in [0, 0.1) is 5.92 Å². The molecule has 1 aliphatic rings. The molecule has 1 rings (SSSR count). The molecule has 0 aromatic rings. The Morgan fingerprint density at radius 3 is 2.20 bits per heavy atom. The Morgan fingerprint density at radius 2 is 1.90 bits per heavy atom. The van der Waals surface area contributed by atoms with Crippen LogP contribution < -0.4 is 0 Å². The third-order valence-corrected chi connectivity index (χ3v) is 3.04. The van der Waals surface area contributed by atoms with Crippen LogP contribution in [-0.4, -0.2) is 42.6 Å². The SMILES string of the molecule is COC(=O)C(C)(C)O.COC(=O)CCC1CCCC1=O. The Bertz CT molecular complexity index is 342. The molecule has 0 heterocycles. The van der Waals surface area contributed by atoms with E-state index < -0.39 is 11.6 Å². The molecule has 0 radical (unpaired) electrons. The van der Waals surface area contributed by atoms with Gasteiger partial charge in [0.25, 0.3) is 0 Å². The number of rotatable bonds is 4. The van der Waals surface area contributed by atoms with Crippen molar-refractivity contribution in [2.24, 2.45) is 5.92 Å². The highest BCUT2D eigenvalue weighted by atomic mass is 16.5. The molecular weight excluding hydrogens is 264 g/mol. The largest absolute Gasteiger partial charge is 0.469 e. The predicted octanol–water partition coefficient (Wildman–Crippen LogP) is 1.24. The molecule has 1 N–H and O–H groups in total. The van der Waals surface area contributed by atoms with Crippen molar-refractivity contribution in [2.45, 2.75) is 51.6 Å². The summed E-state index contributed by atoms with van der Waals surface area (Å²) < 4.78 is 8.72. The Hall–Kier alpha value is -1.43. The van der Waals surface area contributed by atoms with Crippen LogP contribution in [0.5, 0.6) is 0 Å². The second-order valence-electron chi connectivity index (χ2n) is 5.22. The number of hydrogen-bond donors (Lipinski definition) is 1. The van der Waals surface area contributed by atoms with Crippen molar-refractivity contribution in [3.05, 3.63) is 0 Å². The number of ketones is 1. The van der Waals surface area contributed by atoms with E-state index in [1.807, 2.05) is 0 Å². The van der Waals surface area contributed by atoms with Crippen molar-refractivity contribution < 1.29 is 29.0 Å². The van der Waals surface area contributed by atoms with E-state index in [1.54, 1.807) is 0 Å². The summed E-state index contributed by atoms with van der Waals surface area (Å²) >= 11 is 0. The number of Topliss-reactive ketones (excluding diaryl/α,β-unsaturated/α-hetero) is 1. The number of esters is 2. The smallest absolute Gasteiger partial charge is 0.337 e. The number of carbonyl (C=O) groups is 3. The van der Waals surface area contributed by atoms with Crippen LogP contribution in [0.4, 0.5) is 0 Å². The highest BCUT2D eigenvalue weighted by Gasteiger charge is 2.24. The van der Waals surface area contributed by atoms with Crippen molar-refractivity contribution in [2.75, 3.05) is 14.2 Å². The van der Waals surface area contributed by atoms with Gasteiger partial charge in [0.1, 0.15) is 5.78 Å². The molecule has 0 aromatic heterocycles. The van der Waals surface area contributed by atoms with Crippen LogP contribution in [0.15, 0.2) is 0 Å². The first-order valence-electron chi connectivity index (χ1n) is 6.62. The van der Waals surface area contributed by atoms with Crippen LogP contribution in [0.3, 0.4) is 0 Å². The first kappa shape index (κ1) is 18.6. The summed E-state index contributed by atoms with van der Waals surface area (Å²) in [6.45, 7) is 2.75. The predicted molar refractivity (Wildman–Crippen MR) is 71.9 cm³/mol. The third kappa shape index (κ3) is 7.23. The molecule has 0 spiro atoms. The maximum Gasteiger partial charge on any atom is 0.337 e. The van der Waals surface area contributed by atoms with Crippen molar-refractivity contribution in [1.82, 2.24) is 0 Å². The van der Waals surface area contributed by atoms with Crippen LogP contribution in [0.1, 0.15) is 46.0 Å². The highest BCUT2D eigenvalue weighted by molar-refractivity contribution is 5.83. The number of methoxy groups -OCH3 is 2. The molecular formula is C14H24O6. The van der Waals surface area contributed by atoms with Gasteiger partial charge in [0.05, 0.1) is 14.2 Å². The normalized spacial score (nSPS) is 18.1. The quantitative estimate of drug-likeness (QED) is 0.783. The maximum atomic E-state index is 11.1. The lowest BCUT2D eigenvalue weighted by atomic mass is 10.0. The minimum absolute atomic E-state index is 0.129. The molecule has 116 valence electrons. The van der Waals surface area contributed by atoms with E-state index in [0.29, 0.717) is 25.0 Å². The van der Waals surface area contributed by atoms with Crippen LogP contribution >= 0.6 is 0 Å². The van der Waals surface area contributed by atoms with Gasteiger partial charge in [-0.05, 0) is 33.1 Å². The maximum absolute atomic E-state index is 11.1. The second-order valence-corrected chi connectivity index (χ2v) is 5.22. The summed E-state index contributed by atoms with van der Waals surface area (Å²) in [6.07, 6.45) is 3.70. The first-order chi connectivity index (χ1) is 9.22. The molecule has 1 fully saturated rings. The fourth-order valence-corrected chi connectivity index (χ4v) is 1.84. The summed E-state index contributed by atoms with van der Waals surface area (Å²) in [7, 11) is 2.61. The van der Waals surface area contributed by atoms with Gasteiger partial charge < -0.3 is 14.6 Å². The van der Waals surface area contributed by atoms with Gasteiger partial charge in [-0.1, -0.05) is 0 Å². The van der Waals surface area contributed by atoms with Crippen molar-refractivity contribution in [3.63, 3.8) is 0 Å². The molecule has 6 heteroatoms. The number of hydrogen-bond acceptors (Lipinski definition) is 6. The highest BCUT2D eigenvalue weighted by Crippen LogP contribution is 2.25. The summed E-state index contributed by atoms with van der Waals surface area (Å²) in [5, 5.41) is 8.81. The molecule has 6 nitrogen and oxygen atoms in total. The van der Waals surface area contributed by atoms with Gasteiger partial charge in [0.15, 0.2) is 5.60 Å². The molecule has 1 saturated carbocycles. The van der Waals surface area contributed by atoms with Gasteiger partial charge in [-0.15, -0.1) is 0 Å². The molecule has 20 heavy (non-hydrogen) atoms. The summed E-state index contributed by atoms with van der Waals surface area (Å²) in [5.41, 5.74) is -1.35. The Balaban J connectivity index is 0.000000396. The molecule has 1 aliphatic carbocycles. The monoisotopic (exact) mass is 288 g/mol. The standard InChI is InChI=1S/C9H14O3.C5H10O3/c1-12-9(11)6-5-7-3-2-4-8(7)10;1-5(2,7)4(6)8-3/h7H,2-6H2,1H3;7H,1-3H3. The van der Waals surface area contributed by atoms with Crippen molar-refractivity contribution in [3.8, 4) is 0 Å². The number of ether oxygens (including phenoxy) is 2. The minimum atomic E-state index is -1.35. The summed E-state index contributed by atoms with van der Waals surface area (Å²) in [6, 6.07) is 0. The van der Waals surface area contributed by atoms with E-state index in [2.05, 4.69) is 9.47 Å².